The van der Waals surface area contributed by atoms with Crippen LogP contribution < -0.4 is 15.0 Å². The van der Waals surface area contributed by atoms with Crippen LogP contribution in [0.25, 0.3) is 0 Å². The second kappa shape index (κ2) is 8.56. The van der Waals surface area contributed by atoms with Gasteiger partial charge >= 0.3 is 0 Å². The Balaban J connectivity index is 1.68. The third kappa shape index (κ3) is 5.87. The maximum Gasteiger partial charge on any atom is 0.279 e. The van der Waals surface area contributed by atoms with E-state index in [1.165, 1.54) is 0 Å². The summed E-state index contributed by atoms with van der Waals surface area (Å²) in [5.41, 5.74) is 0.825. The lowest BCUT2D eigenvalue weighted by Crippen LogP contribution is -3.10. The number of carbonyl (C=O) groups is 1. The fraction of sp³-hybridized carbons (Fsp3) is 0.235. The zero-order valence-electron chi connectivity index (χ0n) is 12.5. The summed E-state index contributed by atoms with van der Waals surface area (Å²) < 4.78 is 6.69. The molecule has 2 N–H and O–H groups in total. The molecule has 1 atom stereocenters. The van der Waals surface area contributed by atoms with Crippen molar-refractivity contribution in [3.05, 3.63) is 59.1 Å². The van der Waals surface area contributed by atoms with Crippen LogP contribution in [0.2, 0.25) is 0 Å². The predicted molar refractivity (Wildman–Crippen MR) is 91.3 cm³/mol. The molecule has 0 heterocycles. The molecule has 1 amide bonds. The highest BCUT2D eigenvalue weighted by atomic mass is 79.9. The molecule has 116 valence electrons. The standard InChI is InChI=1S/C17H19BrN2O2/c1-20(11-12-22-16-9-7-14(18)8-10-16)13-17(21)19-15-5-3-2-4-6-15/h2-10H,11-13H2,1H3,(H,19,21)/p+1. The van der Waals surface area contributed by atoms with Gasteiger partial charge in [0, 0.05) is 10.2 Å². The topological polar surface area (TPSA) is 42.8 Å². The molecular formula is C17H20BrN2O2+. The molecule has 0 saturated heterocycles. The quantitative estimate of drug-likeness (QED) is 0.789. The average Bonchev–Trinajstić information content (AvgIpc) is 2.50. The summed E-state index contributed by atoms with van der Waals surface area (Å²) >= 11 is 3.39. The van der Waals surface area contributed by atoms with E-state index >= 15 is 0 Å². The maximum atomic E-state index is 11.9. The van der Waals surface area contributed by atoms with Gasteiger partial charge in [0.15, 0.2) is 6.54 Å². The molecule has 22 heavy (non-hydrogen) atoms. The minimum Gasteiger partial charge on any atom is -0.488 e. The van der Waals surface area contributed by atoms with Gasteiger partial charge in [-0.2, -0.15) is 0 Å². The Bertz CT molecular complexity index is 587. The largest absolute Gasteiger partial charge is 0.488 e. The lowest BCUT2D eigenvalue weighted by Gasteiger charge is -2.14. The number of anilines is 1. The van der Waals surface area contributed by atoms with Crippen LogP contribution in [0.5, 0.6) is 5.75 Å². The van der Waals surface area contributed by atoms with E-state index in [1.54, 1.807) is 0 Å². The second-order valence-corrected chi connectivity index (χ2v) is 6.02. The van der Waals surface area contributed by atoms with Crippen LogP contribution in [-0.4, -0.2) is 32.7 Å². The average molecular weight is 364 g/mol. The molecule has 0 radical (unpaired) electrons. The van der Waals surface area contributed by atoms with E-state index in [-0.39, 0.29) is 5.91 Å². The van der Waals surface area contributed by atoms with Gasteiger partial charge in [-0.25, -0.2) is 0 Å². The first-order valence-electron chi connectivity index (χ1n) is 7.18. The van der Waals surface area contributed by atoms with Crippen molar-refractivity contribution >= 4 is 27.5 Å². The molecule has 1 unspecified atom stereocenters. The number of para-hydroxylation sites is 1. The van der Waals surface area contributed by atoms with Crippen LogP contribution in [0, 0.1) is 0 Å². The molecule has 2 aromatic rings. The SMILES string of the molecule is C[NH+](CCOc1ccc(Br)cc1)CC(=O)Nc1ccccc1. The van der Waals surface area contributed by atoms with E-state index in [0.717, 1.165) is 27.4 Å². The van der Waals surface area contributed by atoms with Crippen LogP contribution in [-0.2, 0) is 4.79 Å². The predicted octanol–water partition coefficient (Wildman–Crippen LogP) is 1.98. The van der Waals surface area contributed by atoms with Crippen molar-refractivity contribution in [2.45, 2.75) is 0 Å². The van der Waals surface area contributed by atoms with Crippen molar-refractivity contribution in [1.82, 2.24) is 0 Å². The van der Waals surface area contributed by atoms with E-state index in [9.17, 15) is 4.79 Å². The number of hydrogen-bond donors (Lipinski definition) is 2. The Hall–Kier alpha value is -1.85. The maximum absolute atomic E-state index is 11.9. The van der Waals surface area contributed by atoms with Gasteiger partial charge in [0.25, 0.3) is 5.91 Å². The Morgan fingerprint density at radius 2 is 1.82 bits per heavy atom. The van der Waals surface area contributed by atoms with Gasteiger partial charge in [0.1, 0.15) is 18.9 Å². The number of amides is 1. The van der Waals surface area contributed by atoms with Crippen molar-refractivity contribution in [2.24, 2.45) is 0 Å². The van der Waals surface area contributed by atoms with Gasteiger partial charge in [0.05, 0.1) is 7.05 Å². The normalized spacial score (nSPS) is 11.7. The van der Waals surface area contributed by atoms with E-state index in [4.69, 9.17) is 4.74 Å². The molecule has 0 fully saturated rings. The number of nitrogens with one attached hydrogen (secondary N) is 2. The number of benzene rings is 2. The van der Waals surface area contributed by atoms with Gasteiger partial charge in [-0.3, -0.25) is 4.79 Å². The van der Waals surface area contributed by atoms with Crippen LogP contribution in [0.4, 0.5) is 5.69 Å². The summed E-state index contributed by atoms with van der Waals surface area (Å²) in [5, 5.41) is 2.88. The van der Waals surface area contributed by atoms with E-state index < -0.39 is 0 Å². The molecule has 0 saturated carbocycles. The molecule has 2 rings (SSSR count). The Kier molecular flexibility index (Phi) is 6.43. The summed E-state index contributed by atoms with van der Waals surface area (Å²) in [5.74, 6) is 0.845. The summed E-state index contributed by atoms with van der Waals surface area (Å²) in [7, 11) is 1.98. The van der Waals surface area contributed by atoms with Gasteiger partial charge in [0.2, 0.25) is 0 Å². The highest BCUT2D eigenvalue weighted by molar-refractivity contribution is 9.10. The first-order valence-corrected chi connectivity index (χ1v) is 7.97. The molecule has 0 bridgehead atoms. The van der Waals surface area contributed by atoms with Crippen molar-refractivity contribution in [3.8, 4) is 5.75 Å². The molecule has 0 spiro atoms. The highest BCUT2D eigenvalue weighted by Crippen LogP contribution is 2.15. The number of quaternary nitrogens is 1. The number of ether oxygens (including phenoxy) is 1. The van der Waals surface area contributed by atoms with Crippen molar-refractivity contribution in [2.75, 3.05) is 32.1 Å². The first kappa shape index (κ1) is 16.5. The minimum absolute atomic E-state index is 0.00680. The van der Waals surface area contributed by atoms with Crippen molar-refractivity contribution in [1.29, 1.82) is 0 Å². The number of carbonyl (C=O) groups excluding carboxylic acids is 1. The summed E-state index contributed by atoms with van der Waals surface area (Å²) in [6.45, 7) is 1.75. The first-order chi connectivity index (χ1) is 10.6. The highest BCUT2D eigenvalue weighted by Gasteiger charge is 2.10. The second-order valence-electron chi connectivity index (χ2n) is 5.10. The molecule has 0 aromatic heterocycles. The number of likely N-dealkylation sites (N-methyl/N-ethyl adjacent to an activating group) is 1. The minimum atomic E-state index is 0.00680. The third-order valence-corrected chi connectivity index (χ3v) is 3.66. The monoisotopic (exact) mass is 363 g/mol. The molecule has 0 aliphatic carbocycles. The Morgan fingerprint density at radius 1 is 1.14 bits per heavy atom. The van der Waals surface area contributed by atoms with Crippen LogP contribution >= 0.6 is 15.9 Å². The zero-order chi connectivity index (χ0) is 15.8. The zero-order valence-corrected chi connectivity index (χ0v) is 14.1. The van der Waals surface area contributed by atoms with Crippen molar-refractivity contribution < 1.29 is 14.4 Å². The molecule has 0 aliphatic rings. The van der Waals surface area contributed by atoms with Crippen molar-refractivity contribution in [3.63, 3.8) is 0 Å². The molecule has 5 heteroatoms. The smallest absolute Gasteiger partial charge is 0.279 e. The molecule has 4 nitrogen and oxygen atoms in total. The van der Waals surface area contributed by atoms with E-state index in [0.29, 0.717) is 13.2 Å². The summed E-state index contributed by atoms with van der Waals surface area (Å²) in [4.78, 5) is 13.0. The fourth-order valence-electron chi connectivity index (χ4n) is 1.96. The Morgan fingerprint density at radius 3 is 2.50 bits per heavy atom. The number of hydrogen-bond acceptors (Lipinski definition) is 2. The van der Waals surface area contributed by atoms with E-state index in [2.05, 4.69) is 21.2 Å². The van der Waals surface area contributed by atoms with Gasteiger partial charge in [-0.05, 0) is 36.4 Å². The summed E-state index contributed by atoms with van der Waals surface area (Å²) in [6.07, 6.45) is 0. The van der Waals surface area contributed by atoms with Crippen LogP contribution in [0.15, 0.2) is 59.1 Å². The van der Waals surface area contributed by atoms with Gasteiger partial charge in [-0.1, -0.05) is 34.1 Å². The summed E-state index contributed by atoms with van der Waals surface area (Å²) in [6, 6.07) is 17.2. The number of rotatable bonds is 7. The fourth-order valence-corrected chi connectivity index (χ4v) is 2.23. The van der Waals surface area contributed by atoms with Gasteiger partial charge in [-0.15, -0.1) is 0 Å². The lowest BCUT2D eigenvalue weighted by molar-refractivity contribution is -0.871. The number of halogens is 1. The Labute approximate surface area is 139 Å². The molecule has 2 aromatic carbocycles. The molecule has 0 aliphatic heterocycles. The van der Waals surface area contributed by atoms with Crippen LogP contribution in [0.1, 0.15) is 0 Å². The van der Waals surface area contributed by atoms with Crippen LogP contribution in [0.3, 0.4) is 0 Å². The van der Waals surface area contributed by atoms with Gasteiger partial charge < -0.3 is 15.0 Å². The molecular weight excluding hydrogens is 344 g/mol. The third-order valence-electron chi connectivity index (χ3n) is 3.13. The lowest BCUT2D eigenvalue weighted by atomic mass is 10.3. The van der Waals surface area contributed by atoms with E-state index in [1.807, 2.05) is 61.6 Å².